The molecule has 1 aliphatic heterocycles. The zero-order chi connectivity index (χ0) is 17.3. The monoisotopic (exact) mass is 364 g/mol. The highest BCUT2D eigenvalue weighted by molar-refractivity contribution is 7.84. The SMILES string of the molecule is O=[P@@]1(c2ccccc2)[C@@H](c2ccccc2)NC(=S)N1c1ccccc1. The Bertz CT molecular complexity index is 932. The largest absolute Gasteiger partial charge is 0.346 e. The highest BCUT2D eigenvalue weighted by Crippen LogP contribution is 2.64. The fraction of sp³-hybridized carbons (Fsp3) is 0.0500. The smallest absolute Gasteiger partial charge is 0.232 e. The van der Waals surface area contributed by atoms with E-state index in [1.165, 1.54) is 0 Å². The lowest BCUT2D eigenvalue weighted by molar-refractivity contribution is 0.574. The first-order valence-electron chi connectivity index (χ1n) is 8.08. The number of benzene rings is 3. The van der Waals surface area contributed by atoms with Crippen molar-refractivity contribution in [2.45, 2.75) is 5.78 Å². The van der Waals surface area contributed by atoms with Crippen molar-refractivity contribution >= 4 is 35.6 Å². The molecule has 3 nitrogen and oxygen atoms in total. The van der Waals surface area contributed by atoms with Crippen LogP contribution in [0.25, 0.3) is 0 Å². The number of anilines is 1. The second-order valence-corrected chi connectivity index (χ2v) is 8.93. The van der Waals surface area contributed by atoms with Gasteiger partial charge in [-0.15, -0.1) is 0 Å². The predicted octanol–water partition coefficient (Wildman–Crippen LogP) is 4.68. The van der Waals surface area contributed by atoms with Crippen molar-refractivity contribution in [2.24, 2.45) is 0 Å². The first kappa shape index (κ1) is 16.1. The minimum Gasteiger partial charge on any atom is -0.346 e. The molecule has 1 saturated heterocycles. The van der Waals surface area contributed by atoms with Crippen LogP contribution in [0.5, 0.6) is 0 Å². The van der Waals surface area contributed by atoms with Crippen molar-refractivity contribution in [3.63, 3.8) is 0 Å². The molecule has 2 atom stereocenters. The van der Waals surface area contributed by atoms with Crippen molar-refractivity contribution in [1.82, 2.24) is 5.32 Å². The summed E-state index contributed by atoms with van der Waals surface area (Å²) < 4.78 is 16.3. The topological polar surface area (TPSA) is 32.3 Å². The molecular formula is C20H17N2OPS. The Morgan fingerprint density at radius 1 is 0.800 bits per heavy atom. The van der Waals surface area contributed by atoms with Crippen molar-refractivity contribution in [3.05, 3.63) is 96.6 Å². The van der Waals surface area contributed by atoms with E-state index in [0.29, 0.717) is 5.11 Å². The van der Waals surface area contributed by atoms with E-state index in [4.69, 9.17) is 12.2 Å². The van der Waals surface area contributed by atoms with Crippen LogP contribution in [0.1, 0.15) is 11.3 Å². The molecule has 0 amide bonds. The van der Waals surface area contributed by atoms with Crippen molar-refractivity contribution in [1.29, 1.82) is 0 Å². The second kappa shape index (κ2) is 6.47. The molecule has 0 radical (unpaired) electrons. The van der Waals surface area contributed by atoms with Crippen LogP contribution in [-0.4, -0.2) is 5.11 Å². The third kappa shape index (κ3) is 2.68. The molecule has 0 aliphatic carbocycles. The zero-order valence-corrected chi connectivity index (χ0v) is 15.2. The average molecular weight is 364 g/mol. The Kier molecular flexibility index (Phi) is 4.16. The summed E-state index contributed by atoms with van der Waals surface area (Å²) in [4.78, 5) is 0. The van der Waals surface area contributed by atoms with E-state index in [-0.39, 0.29) is 5.78 Å². The summed E-state index contributed by atoms with van der Waals surface area (Å²) >= 11 is 5.59. The quantitative estimate of drug-likeness (QED) is 0.540. The number of rotatable bonds is 3. The molecule has 25 heavy (non-hydrogen) atoms. The van der Waals surface area contributed by atoms with Gasteiger partial charge in [0.15, 0.2) is 5.11 Å². The Balaban J connectivity index is 1.93. The van der Waals surface area contributed by atoms with Crippen LogP contribution in [0.2, 0.25) is 0 Å². The van der Waals surface area contributed by atoms with Gasteiger partial charge in [0, 0.05) is 5.30 Å². The molecule has 3 aromatic carbocycles. The van der Waals surface area contributed by atoms with Gasteiger partial charge in [0.05, 0.1) is 5.69 Å². The molecule has 0 aromatic heterocycles. The molecule has 4 rings (SSSR count). The van der Waals surface area contributed by atoms with E-state index in [2.05, 4.69) is 5.32 Å². The lowest BCUT2D eigenvalue weighted by atomic mass is 10.2. The van der Waals surface area contributed by atoms with Gasteiger partial charge in [-0.2, -0.15) is 0 Å². The summed E-state index contributed by atoms with van der Waals surface area (Å²) in [7, 11) is -3.06. The molecule has 1 N–H and O–H groups in total. The van der Waals surface area contributed by atoms with Crippen LogP contribution in [0.3, 0.4) is 0 Å². The normalized spacial score (nSPS) is 22.6. The maximum absolute atomic E-state index is 14.5. The number of nitrogens with zero attached hydrogens (tertiary/aromatic N) is 1. The van der Waals surface area contributed by atoms with E-state index < -0.39 is 7.29 Å². The predicted molar refractivity (Wildman–Crippen MR) is 108 cm³/mol. The third-order valence-electron chi connectivity index (χ3n) is 4.34. The number of hydrogen-bond acceptors (Lipinski definition) is 2. The molecule has 124 valence electrons. The van der Waals surface area contributed by atoms with Gasteiger partial charge in [-0.05, 0) is 42.0 Å². The molecule has 0 saturated carbocycles. The van der Waals surface area contributed by atoms with Crippen LogP contribution in [0, 0.1) is 0 Å². The maximum atomic E-state index is 14.5. The summed E-state index contributed by atoms with van der Waals surface area (Å²) in [5.41, 5.74) is 1.81. The van der Waals surface area contributed by atoms with Gasteiger partial charge < -0.3 is 5.32 Å². The van der Waals surface area contributed by atoms with Crippen LogP contribution in [0.4, 0.5) is 5.69 Å². The van der Waals surface area contributed by atoms with E-state index >= 15 is 0 Å². The third-order valence-corrected chi connectivity index (χ3v) is 7.97. The molecule has 5 heteroatoms. The first-order chi connectivity index (χ1) is 12.2. The Hall–Kier alpha value is -2.42. The number of hydrogen-bond donors (Lipinski definition) is 1. The Morgan fingerprint density at radius 3 is 1.92 bits per heavy atom. The minimum absolute atomic E-state index is 0.371. The van der Waals surface area contributed by atoms with Gasteiger partial charge in [-0.3, -0.25) is 9.24 Å². The van der Waals surface area contributed by atoms with Crippen LogP contribution < -0.4 is 15.3 Å². The minimum atomic E-state index is -3.06. The van der Waals surface area contributed by atoms with Gasteiger partial charge in [0.2, 0.25) is 7.29 Å². The second-order valence-electron chi connectivity index (χ2n) is 5.87. The molecule has 1 aliphatic rings. The summed E-state index contributed by atoms with van der Waals surface area (Å²) in [6.07, 6.45) is 0. The zero-order valence-electron chi connectivity index (χ0n) is 13.4. The van der Waals surface area contributed by atoms with Gasteiger partial charge in [-0.1, -0.05) is 66.7 Å². The standard InChI is InChI=1S/C20H17N2OPS/c23-24(18-14-8-3-9-15-18)19(16-10-4-1-5-11-16)21-20(25)22(24)17-12-6-2-7-13-17/h1-15,19H,(H,21,25)/t19-,24-/m0/s1. The summed E-state index contributed by atoms with van der Waals surface area (Å²) in [5.74, 6) is -0.371. The fourth-order valence-corrected chi connectivity index (χ4v) is 6.91. The first-order valence-corrected chi connectivity index (χ1v) is 10.2. The lowest BCUT2D eigenvalue weighted by Gasteiger charge is -2.28. The molecular weight excluding hydrogens is 347 g/mol. The number of thiocarbonyl (C=S) groups is 1. The average Bonchev–Trinajstić information content (AvgIpc) is 2.95. The van der Waals surface area contributed by atoms with Crippen molar-refractivity contribution in [2.75, 3.05) is 4.67 Å². The van der Waals surface area contributed by atoms with Crippen molar-refractivity contribution < 1.29 is 4.57 Å². The van der Waals surface area contributed by atoms with E-state index in [0.717, 1.165) is 16.6 Å². The van der Waals surface area contributed by atoms with E-state index in [1.807, 2.05) is 91.0 Å². The van der Waals surface area contributed by atoms with Gasteiger partial charge in [-0.25, -0.2) is 0 Å². The number of nitrogens with one attached hydrogen (secondary N) is 1. The van der Waals surface area contributed by atoms with Crippen LogP contribution in [-0.2, 0) is 4.57 Å². The number of para-hydroxylation sites is 1. The fourth-order valence-electron chi connectivity index (χ4n) is 3.20. The molecule has 1 heterocycles. The van der Waals surface area contributed by atoms with Gasteiger partial charge in [0.25, 0.3) is 0 Å². The Labute approximate surface area is 152 Å². The van der Waals surface area contributed by atoms with Gasteiger partial charge >= 0.3 is 0 Å². The molecule has 0 bridgehead atoms. The maximum Gasteiger partial charge on any atom is 0.232 e. The highest BCUT2D eigenvalue weighted by atomic mass is 32.1. The Morgan fingerprint density at radius 2 is 1.32 bits per heavy atom. The van der Waals surface area contributed by atoms with Crippen LogP contribution >= 0.6 is 19.5 Å². The summed E-state index contributed by atoms with van der Waals surface area (Å²) in [5, 5.41) is 4.59. The molecule has 0 spiro atoms. The molecule has 1 fully saturated rings. The summed E-state index contributed by atoms with van der Waals surface area (Å²) in [6.45, 7) is 0. The lowest BCUT2D eigenvalue weighted by Crippen LogP contribution is -2.27. The molecule has 3 aromatic rings. The summed E-state index contributed by atoms with van der Waals surface area (Å²) in [6, 6.07) is 29.2. The molecule has 0 unspecified atom stereocenters. The van der Waals surface area contributed by atoms with E-state index in [9.17, 15) is 4.57 Å². The van der Waals surface area contributed by atoms with Crippen LogP contribution in [0.15, 0.2) is 91.0 Å². The van der Waals surface area contributed by atoms with E-state index in [1.54, 1.807) is 4.67 Å². The van der Waals surface area contributed by atoms with Crippen molar-refractivity contribution in [3.8, 4) is 0 Å². The van der Waals surface area contributed by atoms with Gasteiger partial charge in [0.1, 0.15) is 5.78 Å². The highest BCUT2D eigenvalue weighted by Gasteiger charge is 2.49.